The first-order valence-corrected chi connectivity index (χ1v) is 6.93. The van der Waals surface area contributed by atoms with E-state index in [1.807, 2.05) is 0 Å². The lowest BCUT2D eigenvalue weighted by Gasteiger charge is -2.25. The van der Waals surface area contributed by atoms with E-state index in [0.717, 1.165) is 50.4 Å². The zero-order chi connectivity index (χ0) is 13.4. The normalized spacial score (nSPS) is 10.9. The second kappa shape index (κ2) is 8.03. The summed E-state index contributed by atoms with van der Waals surface area (Å²) in [6, 6.07) is 2.11. The zero-order valence-corrected chi connectivity index (χ0v) is 11.9. The minimum atomic E-state index is 0.618. The Labute approximate surface area is 111 Å². The van der Waals surface area contributed by atoms with Crippen LogP contribution in [-0.2, 0) is 6.42 Å². The first-order valence-electron chi connectivity index (χ1n) is 6.93. The van der Waals surface area contributed by atoms with Crippen LogP contribution in [0.3, 0.4) is 0 Å². The smallest absolute Gasteiger partial charge is 0.132 e. The van der Waals surface area contributed by atoms with Gasteiger partial charge >= 0.3 is 0 Å². The van der Waals surface area contributed by atoms with Crippen LogP contribution in [0.15, 0.2) is 12.4 Å². The number of nitrogens with zero attached hydrogens (tertiary/aromatic N) is 3. The van der Waals surface area contributed by atoms with Gasteiger partial charge in [0.05, 0.1) is 0 Å². The van der Waals surface area contributed by atoms with Crippen LogP contribution in [0.2, 0.25) is 0 Å². The zero-order valence-electron chi connectivity index (χ0n) is 11.9. The molecule has 4 heteroatoms. The highest BCUT2D eigenvalue weighted by molar-refractivity contribution is 5.38. The maximum absolute atomic E-state index is 5.60. The van der Waals surface area contributed by atoms with E-state index in [2.05, 4.69) is 41.7 Å². The van der Waals surface area contributed by atoms with Crippen molar-refractivity contribution in [2.45, 2.75) is 40.0 Å². The molecule has 0 aliphatic carbocycles. The monoisotopic (exact) mass is 250 g/mol. The Hall–Kier alpha value is -1.16. The van der Waals surface area contributed by atoms with Crippen molar-refractivity contribution < 1.29 is 0 Å². The topological polar surface area (TPSA) is 55.0 Å². The van der Waals surface area contributed by atoms with Gasteiger partial charge in [0, 0.05) is 24.8 Å². The fraction of sp³-hybridized carbons (Fsp3) is 0.714. The van der Waals surface area contributed by atoms with E-state index in [4.69, 9.17) is 5.73 Å². The molecule has 0 atom stereocenters. The number of hydrogen-bond donors (Lipinski definition) is 1. The lowest BCUT2D eigenvalue weighted by molar-refractivity contribution is 0.595. The van der Waals surface area contributed by atoms with Crippen molar-refractivity contribution in [3.63, 3.8) is 0 Å². The van der Waals surface area contributed by atoms with Crippen molar-refractivity contribution in [1.29, 1.82) is 0 Å². The van der Waals surface area contributed by atoms with Gasteiger partial charge in [-0.05, 0) is 25.3 Å². The van der Waals surface area contributed by atoms with Gasteiger partial charge in [-0.2, -0.15) is 0 Å². The summed E-state index contributed by atoms with van der Waals surface area (Å²) in [6.45, 7) is 9.33. The number of anilines is 1. The van der Waals surface area contributed by atoms with Gasteiger partial charge in [0.25, 0.3) is 0 Å². The van der Waals surface area contributed by atoms with Crippen molar-refractivity contribution in [3.8, 4) is 0 Å². The maximum Gasteiger partial charge on any atom is 0.132 e. The fourth-order valence-electron chi connectivity index (χ4n) is 1.97. The van der Waals surface area contributed by atoms with Gasteiger partial charge < -0.3 is 10.6 Å². The highest BCUT2D eigenvalue weighted by atomic mass is 15.2. The van der Waals surface area contributed by atoms with Gasteiger partial charge in [-0.1, -0.05) is 27.2 Å². The third-order valence-electron chi connectivity index (χ3n) is 2.76. The molecular weight excluding hydrogens is 224 g/mol. The predicted octanol–water partition coefficient (Wildman–Crippen LogP) is 2.24. The van der Waals surface area contributed by atoms with E-state index < -0.39 is 0 Å². The van der Waals surface area contributed by atoms with Crippen molar-refractivity contribution in [2.75, 3.05) is 24.5 Å². The molecule has 2 N–H and O–H groups in total. The summed E-state index contributed by atoms with van der Waals surface area (Å²) in [5.41, 5.74) is 6.73. The Morgan fingerprint density at radius 2 is 2.11 bits per heavy atom. The molecular formula is C14H26N4. The minimum absolute atomic E-state index is 0.618. The van der Waals surface area contributed by atoms with E-state index in [0.29, 0.717) is 5.92 Å². The van der Waals surface area contributed by atoms with E-state index in [1.54, 1.807) is 6.33 Å². The molecule has 1 aromatic rings. The quantitative estimate of drug-likeness (QED) is 0.769. The molecule has 102 valence electrons. The van der Waals surface area contributed by atoms with Crippen LogP contribution in [0.25, 0.3) is 0 Å². The minimum Gasteiger partial charge on any atom is -0.356 e. The molecule has 0 unspecified atom stereocenters. The summed E-state index contributed by atoms with van der Waals surface area (Å²) in [7, 11) is 0. The highest BCUT2D eigenvalue weighted by Gasteiger charge is 2.10. The third kappa shape index (κ3) is 5.00. The average Bonchev–Trinajstić information content (AvgIpc) is 2.35. The van der Waals surface area contributed by atoms with E-state index in [9.17, 15) is 0 Å². The predicted molar refractivity (Wildman–Crippen MR) is 76.7 cm³/mol. The first-order chi connectivity index (χ1) is 8.67. The molecule has 1 aromatic heterocycles. The Kier molecular flexibility index (Phi) is 6.65. The number of rotatable bonds is 8. The molecule has 0 bridgehead atoms. The fourth-order valence-corrected chi connectivity index (χ4v) is 1.97. The maximum atomic E-state index is 5.60. The van der Waals surface area contributed by atoms with Crippen LogP contribution < -0.4 is 10.6 Å². The van der Waals surface area contributed by atoms with Gasteiger partial charge in [0.1, 0.15) is 12.1 Å². The summed E-state index contributed by atoms with van der Waals surface area (Å²) in [5, 5.41) is 0. The second-order valence-corrected chi connectivity index (χ2v) is 5.10. The number of hydrogen-bond acceptors (Lipinski definition) is 4. The van der Waals surface area contributed by atoms with Gasteiger partial charge in [-0.3, -0.25) is 0 Å². The van der Waals surface area contributed by atoms with E-state index >= 15 is 0 Å². The van der Waals surface area contributed by atoms with Gasteiger partial charge in [0.15, 0.2) is 0 Å². The third-order valence-corrected chi connectivity index (χ3v) is 2.76. The summed E-state index contributed by atoms with van der Waals surface area (Å²) in [6.07, 6.45) is 4.81. The van der Waals surface area contributed by atoms with Crippen LogP contribution in [-0.4, -0.2) is 29.6 Å². The van der Waals surface area contributed by atoms with Crippen LogP contribution in [0.1, 0.15) is 39.3 Å². The van der Waals surface area contributed by atoms with Crippen LogP contribution in [0.4, 0.5) is 5.82 Å². The Morgan fingerprint density at radius 3 is 2.72 bits per heavy atom. The Bertz CT molecular complexity index is 338. The van der Waals surface area contributed by atoms with E-state index in [1.165, 1.54) is 0 Å². The molecule has 0 aliphatic rings. The molecule has 1 rings (SSSR count). The van der Waals surface area contributed by atoms with Gasteiger partial charge in [-0.25, -0.2) is 9.97 Å². The molecule has 18 heavy (non-hydrogen) atoms. The largest absolute Gasteiger partial charge is 0.356 e. The van der Waals surface area contributed by atoms with E-state index in [-0.39, 0.29) is 0 Å². The Balaban J connectivity index is 2.78. The molecule has 0 fully saturated rings. The highest BCUT2D eigenvalue weighted by Crippen LogP contribution is 2.14. The summed E-state index contributed by atoms with van der Waals surface area (Å²) in [5.74, 6) is 1.66. The summed E-state index contributed by atoms with van der Waals surface area (Å²) in [4.78, 5) is 11.0. The van der Waals surface area contributed by atoms with Crippen molar-refractivity contribution >= 4 is 5.82 Å². The number of aryl methyl sites for hydroxylation is 1. The van der Waals surface area contributed by atoms with Gasteiger partial charge in [0.2, 0.25) is 0 Å². The lowest BCUT2D eigenvalue weighted by atomic mass is 10.2. The van der Waals surface area contributed by atoms with Crippen LogP contribution in [0, 0.1) is 5.92 Å². The number of nitrogens with two attached hydrogens (primary N) is 1. The van der Waals surface area contributed by atoms with Crippen LogP contribution in [0.5, 0.6) is 0 Å². The summed E-state index contributed by atoms with van der Waals surface area (Å²) < 4.78 is 0. The number of aromatic nitrogens is 2. The van der Waals surface area contributed by atoms with Gasteiger partial charge in [-0.15, -0.1) is 0 Å². The molecule has 0 saturated carbocycles. The summed E-state index contributed by atoms with van der Waals surface area (Å²) >= 11 is 0. The molecule has 4 nitrogen and oxygen atoms in total. The molecule has 0 saturated heterocycles. The average molecular weight is 250 g/mol. The van der Waals surface area contributed by atoms with Crippen molar-refractivity contribution in [3.05, 3.63) is 18.1 Å². The van der Waals surface area contributed by atoms with Crippen LogP contribution >= 0.6 is 0 Å². The first kappa shape index (κ1) is 14.9. The molecule has 0 radical (unpaired) electrons. The lowest BCUT2D eigenvalue weighted by Crippen LogP contribution is -2.30. The second-order valence-electron chi connectivity index (χ2n) is 5.10. The molecule has 0 spiro atoms. The molecule has 0 aliphatic heterocycles. The standard InChI is InChI=1S/C14H26N4/c1-4-6-13-9-14(17-11-16-13)18(8-5-7-15)10-12(2)3/h9,11-12H,4-8,10,15H2,1-3H3. The molecule has 1 heterocycles. The molecule has 0 amide bonds. The van der Waals surface area contributed by atoms with Crippen molar-refractivity contribution in [2.24, 2.45) is 11.7 Å². The SMILES string of the molecule is CCCc1cc(N(CCCN)CC(C)C)ncn1. The van der Waals surface area contributed by atoms with Crippen molar-refractivity contribution in [1.82, 2.24) is 9.97 Å². The Morgan fingerprint density at radius 1 is 1.33 bits per heavy atom. The molecule has 0 aromatic carbocycles.